The van der Waals surface area contributed by atoms with Crippen molar-refractivity contribution in [3.63, 3.8) is 0 Å². The van der Waals surface area contributed by atoms with Gasteiger partial charge in [0.2, 0.25) is 11.9 Å². The van der Waals surface area contributed by atoms with Crippen LogP contribution in [0.15, 0.2) is 64.4 Å². The summed E-state index contributed by atoms with van der Waals surface area (Å²) in [5.74, 6) is 0.368. The summed E-state index contributed by atoms with van der Waals surface area (Å²) in [5, 5.41) is 7.07. The summed E-state index contributed by atoms with van der Waals surface area (Å²) in [7, 11) is 1.65. The van der Waals surface area contributed by atoms with E-state index < -0.39 is 5.91 Å². The number of nitrogens with one attached hydrogen (secondary N) is 3. The molecule has 0 spiro atoms. The van der Waals surface area contributed by atoms with Gasteiger partial charge in [-0.2, -0.15) is 0 Å². The molecule has 0 saturated heterocycles. The van der Waals surface area contributed by atoms with Crippen LogP contribution >= 0.6 is 0 Å². The van der Waals surface area contributed by atoms with E-state index in [9.17, 15) is 14.4 Å². The van der Waals surface area contributed by atoms with Crippen LogP contribution in [0.2, 0.25) is 0 Å². The lowest BCUT2D eigenvalue weighted by Crippen LogP contribution is -2.18. The largest absolute Gasteiger partial charge is 0.366 e. The molecular weight excluding hydrogens is 386 g/mol. The number of aryl methyl sites for hydroxylation is 1. The number of carbonyl (C=O) groups excluding carboxylic acids is 1. The molecule has 3 heterocycles. The van der Waals surface area contributed by atoms with E-state index in [2.05, 4.69) is 25.6 Å². The third kappa shape index (κ3) is 3.74. The van der Waals surface area contributed by atoms with Crippen LogP contribution in [0.3, 0.4) is 0 Å². The van der Waals surface area contributed by atoms with Crippen molar-refractivity contribution >= 4 is 40.0 Å². The van der Waals surface area contributed by atoms with E-state index in [1.165, 1.54) is 16.8 Å². The minimum Gasteiger partial charge on any atom is -0.366 e. The van der Waals surface area contributed by atoms with Gasteiger partial charge in [-0.1, -0.05) is 0 Å². The maximum absolute atomic E-state index is 12.7. The van der Waals surface area contributed by atoms with Crippen molar-refractivity contribution in [3.05, 3.63) is 81.1 Å². The summed E-state index contributed by atoms with van der Waals surface area (Å²) in [6.07, 6.45) is 3.03. The van der Waals surface area contributed by atoms with Gasteiger partial charge >= 0.3 is 0 Å². The minimum absolute atomic E-state index is 0.218. The molecule has 0 fully saturated rings. The highest BCUT2D eigenvalue weighted by Gasteiger charge is 2.12. The standard InChI is InChI=1S/C20H17N7O3/c1-27-9-7-12-10-14(25-20-22-8-6-15(28)26-20)24-18(16(12)19(27)30)23-13-4-2-11(3-5-13)17(21)29/h2-10H,1H3,(H2,21,29)(H3,22,23,24,25,26,28). The van der Waals surface area contributed by atoms with Crippen LogP contribution in [0.5, 0.6) is 0 Å². The Morgan fingerprint density at radius 3 is 2.57 bits per heavy atom. The van der Waals surface area contributed by atoms with Gasteiger partial charge in [0.05, 0.1) is 5.39 Å². The number of rotatable bonds is 5. The number of aromatic nitrogens is 4. The molecule has 0 aliphatic carbocycles. The Hall–Kier alpha value is -4.47. The van der Waals surface area contributed by atoms with Gasteiger partial charge in [0.15, 0.2) is 0 Å². The van der Waals surface area contributed by atoms with Crippen LogP contribution in [-0.2, 0) is 7.05 Å². The highest BCUT2D eigenvalue weighted by molar-refractivity contribution is 5.95. The number of pyridine rings is 2. The monoisotopic (exact) mass is 403 g/mol. The molecule has 150 valence electrons. The smallest absolute Gasteiger partial charge is 0.261 e. The average Bonchev–Trinajstić information content (AvgIpc) is 2.71. The van der Waals surface area contributed by atoms with Crippen LogP contribution in [0.25, 0.3) is 10.8 Å². The van der Waals surface area contributed by atoms with Gasteiger partial charge in [0.1, 0.15) is 11.6 Å². The first-order valence-corrected chi connectivity index (χ1v) is 8.90. The first-order valence-electron chi connectivity index (χ1n) is 8.90. The molecule has 0 unspecified atom stereocenters. The second-order valence-corrected chi connectivity index (χ2v) is 6.53. The molecule has 10 nitrogen and oxygen atoms in total. The molecule has 0 aliphatic heterocycles. The molecule has 3 aromatic heterocycles. The van der Waals surface area contributed by atoms with Crippen LogP contribution in [0.1, 0.15) is 10.4 Å². The lowest BCUT2D eigenvalue weighted by Gasteiger charge is -2.13. The molecule has 0 bridgehead atoms. The van der Waals surface area contributed by atoms with Gasteiger partial charge < -0.3 is 20.9 Å². The van der Waals surface area contributed by atoms with E-state index in [1.54, 1.807) is 49.6 Å². The highest BCUT2D eigenvalue weighted by Crippen LogP contribution is 2.26. The Labute approximate surface area is 169 Å². The zero-order valence-electron chi connectivity index (χ0n) is 15.8. The van der Waals surface area contributed by atoms with Crippen molar-refractivity contribution < 1.29 is 4.79 Å². The molecule has 4 aromatic rings. The number of nitrogens with zero attached hydrogens (tertiary/aromatic N) is 3. The lowest BCUT2D eigenvalue weighted by atomic mass is 10.1. The summed E-state index contributed by atoms with van der Waals surface area (Å²) in [6, 6.07) is 11.2. The van der Waals surface area contributed by atoms with E-state index in [0.29, 0.717) is 33.7 Å². The van der Waals surface area contributed by atoms with Crippen molar-refractivity contribution in [2.24, 2.45) is 12.8 Å². The first kappa shape index (κ1) is 18.9. The van der Waals surface area contributed by atoms with Crippen LogP contribution in [-0.4, -0.2) is 25.4 Å². The molecule has 0 radical (unpaired) electrons. The SMILES string of the molecule is Cn1ccc2cc(Nc3nccc(=O)[nH]3)nc(Nc3ccc(C(N)=O)cc3)c2c1=O. The summed E-state index contributed by atoms with van der Waals surface area (Å²) in [5.41, 5.74) is 5.72. The summed E-state index contributed by atoms with van der Waals surface area (Å²) >= 11 is 0. The fourth-order valence-corrected chi connectivity index (χ4v) is 2.92. The van der Waals surface area contributed by atoms with Crippen molar-refractivity contribution in [1.29, 1.82) is 0 Å². The highest BCUT2D eigenvalue weighted by atomic mass is 16.1. The number of carbonyl (C=O) groups is 1. The Balaban J connectivity index is 1.80. The summed E-state index contributed by atoms with van der Waals surface area (Å²) in [6.45, 7) is 0. The van der Waals surface area contributed by atoms with Crippen LogP contribution in [0, 0.1) is 0 Å². The number of benzene rings is 1. The molecule has 4 rings (SSSR count). The number of fused-ring (bicyclic) bond motifs is 1. The topological polar surface area (TPSA) is 148 Å². The normalized spacial score (nSPS) is 10.7. The Kier molecular flexibility index (Phi) is 4.72. The fraction of sp³-hybridized carbons (Fsp3) is 0.0500. The number of hydrogen-bond acceptors (Lipinski definition) is 7. The predicted molar refractivity (Wildman–Crippen MR) is 113 cm³/mol. The molecular formula is C20H17N7O3. The van der Waals surface area contributed by atoms with Gasteiger partial charge in [-0.3, -0.25) is 19.4 Å². The molecule has 1 amide bonds. The number of anilines is 4. The average molecular weight is 403 g/mol. The predicted octanol–water partition coefficient (Wildman–Crippen LogP) is 1.60. The second-order valence-electron chi connectivity index (χ2n) is 6.53. The quantitative estimate of drug-likeness (QED) is 0.395. The van der Waals surface area contributed by atoms with Gasteiger partial charge in [-0.05, 0) is 41.8 Å². The lowest BCUT2D eigenvalue weighted by molar-refractivity contribution is 0.100. The van der Waals surface area contributed by atoms with E-state index >= 15 is 0 Å². The van der Waals surface area contributed by atoms with E-state index in [-0.39, 0.29) is 17.1 Å². The Morgan fingerprint density at radius 1 is 1.10 bits per heavy atom. The number of amides is 1. The zero-order valence-corrected chi connectivity index (χ0v) is 15.8. The van der Waals surface area contributed by atoms with Gasteiger partial charge in [-0.15, -0.1) is 0 Å². The fourth-order valence-electron chi connectivity index (χ4n) is 2.92. The molecule has 30 heavy (non-hydrogen) atoms. The second kappa shape index (κ2) is 7.51. The molecule has 0 atom stereocenters. The van der Waals surface area contributed by atoms with Crippen molar-refractivity contribution in [2.75, 3.05) is 10.6 Å². The number of aromatic amines is 1. The molecule has 5 N–H and O–H groups in total. The van der Waals surface area contributed by atoms with Crippen LogP contribution in [0.4, 0.5) is 23.3 Å². The Bertz CT molecular complexity index is 1370. The summed E-state index contributed by atoms with van der Waals surface area (Å²) in [4.78, 5) is 46.6. The number of H-pyrrole nitrogens is 1. The Morgan fingerprint density at radius 2 is 1.87 bits per heavy atom. The maximum Gasteiger partial charge on any atom is 0.261 e. The first-order chi connectivity index (χ1) is 14.4. The number of hydrogen-bond donors (Lipinski definition) is 4. The number of nitrogens with two attached hydrogens (primary N) is 1. The zero-order chi connectivity index (χ0) is 21.3. The van der Waals surface area contributed by atoms with Crippen LogP contribution < -0.4 is 27.5 Å². The van der Waals surface area contributed by atoms with E-state index in [4.69, 9.17) is 5.73 Å². The van der Waals surface area contributed by atoms with E-state index in [1.807, 2.05) is 0 Å². The molecule has 10 heteroatoms. The van der Waals surface area contributed by atoms with E-state index in [0.717, 1.165) is 0 Å². The molecule has 0 aliphatic rings. The minimum atomic E-state index is -0.533. The third-order valence-corrected chi connectivity index (χ3v) is 4.41. The van der Waals surface area contributed by atoms with Gasteiger partial charge in [-0.25, -0.2) is 9.97 Å². The molecule has 0 saturated carbocycles. The van der Waals surface area contributed by atoms with Crippen molar-refractivity contribution in [1.82, 2.24) is 19.5 Å². The maximum atomic E-state index is 12.7. The summed E-state index contributed by atoms with van der Waals surface area (Å²) < 4.78 is 1.45. The molecule has 1 aromatic carbocycles. The van der Waals surface area contributed by atoms with Crippen molar-refractivity contribution in [3.8, 4) is 0 Å². The van der Waals surface area contributed by atoms with Gasteiger partial charge in [0, 0.05) is 36.8 Å². The van der Waals surface area contributed by atoms with Crippen molar-refractivity contribution in [2.45, 2.75) is 0 Å². The number of primary amides is 1. The third-order valence-electron chi connectivity index (χ3n) is 4.41. The van der Waals surface area contributed by atoms with Gasteiger partial charge in [0.25, 0.3) is 11.1 Å².